The third-order valence-corrected chi connectivity index (χ3v) is 8.54. The highest BCUT2D eigenvalue weighted by molar-refractivity contribution is 5.92. The second-order valence-corrected chi connectivity index (χ2v) is 10.9. The van der Waals surface area contributed by atoms with Gasteiger partial charge in [0.15, 0.2) is 6.10 Å². The molecule has 2 amide bonds. The van der Waals surface area contributed by atoms with Gasteiger partial charge in [-0.1, -0.05) is 31.9 Å². The van der Waals surface area contributed by atoms with Gasteiger partial charge in [0.05, 0.1) is 6.61 Å². The van der Waals surface area contributed by atoms with Crippen LogP contribution in [-0.4, -0.2) is 76.3 Å². The van der Waals surface area contributed by atoms with E-state index in [1.54, 1.807) is 6.07 Å². The van der Waals surface area contributed by atoms with E-state index >= 15 is 0 Å². The van der Waals surface area contributed by atoms with Gasteiger partial charge >= 0.3 is 0 Å². The van der Waals surface area contributed by atoms with Gasteiger partial charge in [0, 0.05) is 37.3 Å². The topological polar surface area (TPSA) is 107 Å². The van der Waals surface area contributed by atoms with E-state index in [-0.39, 0.29) is 11.8 Å². The Balaban J connectivity index is 1.38. The van der Waals surface area contributed by atoms with Crippen molar-refractivity contribution in [3.05, 3.63) is 35.4 Å². The van der Waals surface area contributed by atoms with Crippen molar-refractivity contribution in [2.75, 3.05) is 26.2 Å². The molecule has 1 unspecified atom stereocenters. The third-order valence-electron chi connectivity index (χ3n) is 8.54. The van der Waals surface area contributed by atoms with Gasteiger partial charge in [-0.3, -0.25) is 14.5 Å². The number of benzene rings is 1. The molecular formula is C27H41N3O4. The van der Waals surface area contributed by atoms with Crippen molar-refractivity contribution in [2.24, 2.45) is 17.6 Å². The smallest absolute Gasteiger partial charge is 0.253 e. The predicted molar refractivity (Wildman–Crippen MR) is 131 cm³/mol. The molecule has 2 heterocycles. The van der Waals surface area contributed by atoms with E-state index in [4.69, 9.17) is 5.73 Å². The predicted octanol–water partition coefficient (Wildman–Crippen LogP) is 2.50. The Hall–Kier alpha value is -1.96. The highest BCUT2D eigenvalue weighted by Crippen LogP contribution is 2.43. The molecule has 1 saturated carbocycles. The molecule has 2 bridgehead atoms. The van der Waals surface area contributed by atoms with E-state index in [1.807, 2.05) is 17.0 Å². The molecule has 3 fully saturated rings. The van der Waals surface area contributed by atoms with Crippen LogP contribution in [0.2, 0.25) is 0 Å². The summed E-state index contributed by atoms with van der Waals surface area (Å²) >= 11 is 0. The highest BCUT2D eigenvalue weighted by atomic mass is 16.3. The van der Waals surface area contributed by atoms with Crippen LogP contribution in [0.5, 0.6) is 0 Å². The second kappa shape index (κ2) is 11.2. The average molecular weight is 472 g/mol. The lowest BCUT2D eigenvalue weighted by Gasteiger charge is -2.41. The third kappa shape index (κ3) is 5.81. The molecule has 7 nitrogen and oxygen atoms in total. The van der Waals surface area contributed by atoms with Crippen LogP contribution in [0, 0.1) is 11.8 Å². The van der Waals surface area contributed by atoms with Crippen molar-refractivity contribution in [1.82, 2.24) is 9.80 Å². The Morgan fingerprint density at radius 1 is 1.12 bits per heavy atom. The molecule has 1 aromatic carbocycles. The summed E-state index contributed by atoms with van der Waals surface area (Å²) in [5, 5.41) is 19.4. The summed E-state index contributed by atoms with van der Waals surface area (Å²) in [6, 6.07) is 8.69. The van der Waals surface area contributed by atoms with Gasteiger partial charge in [0.1, 0.15) is 0 Å². The lowest BCUT2D eigenvalue weighted by Crippen LogP contribution is -2.50. The minimum Gasteiger partial charge on any atom is -0.393 e. The Morgan fingerprint density at radius 2 is 1.79 bits per heavy atom. The number of rotatable bonds is 9. The quantitative estimate of drug-likeness (QED) is 0.513. The first-order valence-electron chi connectivity index (χ1n) is 13.1. The molecule has 34 heavy (non-hydrogen) atoms. The summed E-state index contributed by atoms with van der Waals surface area (Å²) in [5.41, 5.74) is 7.25. The van der Waals surface area contributed by atoms with E-state index in [2.05, 4.69) is 17.9 Å². The number of primary amides is 1. The lowest BCUT2D eigenvalue weighted by molar-refractivity contribution is -0.143. The molecule has 1 aliphatic carbocycles. The molecule has 7 heteroatoms. The number of piperidine rings is 1. The van der Waals surface area contributed by atoms with Crippen molar-refractivity contribution in [2.45, 2.75) is 82.4 Å². The summed E-state index contributed by atoms with van der Waals surface area (Å²) in [4.78, 5) is 28.8. The van der Waals surface area contributed by atoms with Crippen molar-refractivity contribution in [3.8, 4) is 0 Å². The standard InChI is InChI=1S/C27H41N3O4/c1-18-5-7-19(8-6-18)16-29(27(34)25(32)17-31)11-12-30-23-9-10-24(30)15-22(14-23)20-3-2-4-21(13-20)26(28)33/h2-4,13,18-19,22-25,31-32H,5-12,14-17H2,1H3,(H2,28,33)/t18?,19?,22?,23-,24+,25-/m0/s1. The maximum absolute atomic E-state index is 12.8. The number of hydrogen-bond donors (Lipinski definition) is 3. The number of aliphatic hydroxyl groups is 2. The molecule has 4 N–H and O–H groups in total. The zero-order valence-electron chi connectivity index (χ0n) is 20.4. The minimum atomic E-state index is -1.33. The first-order chi connectivity index (χ1) is 16.4. The molecule has 4 atom stereocenters. The molecule has 2 saturated heterocycles. The van der Waals surface area contributed by atoms with Crippen LogP contribution >= 0.6 is 0 Å². The van der Waals surface area contributed by atoms with Crippen LogP contribution in [0.15, 0.2) is 24.3 Å². The lowest BCUT2D eigenvalue weighted by atomic mass is 9.82. The van der Waals surface area contributed by atoms with E-state index in [1.165, 1.54) is 18.4 Å². The average Bonchev–Trinajstić information content (AvgIpc) is 3.08. The highest BCUT2D eigenvalue weighted by Gasteiger charge is 2.41. The van der Waals surface area contributed by atoms with Gasteiger partial charge in [0.25, 0.3) is 5.91 Å². The van der Waals surface area contributed by atoms with E-state index in [9.17, 15) is 19.8 Å². The number of fused-ring (bicyclic) bond motifs is 2. The van der Waals surface area contributed by atoms with Crippen molar-refractivity contribution in [3.63, 3.8) is 0 Å². The van der Waals surface area contributed by atoms with Gasteiger partial charge in [-0.25, -0.2) is 0 Å². The van der Waals surface area contributed by atoms with Crippen LogP contribution < -0.4 is 5.73 Å². The number of amides is 2. The van der Waals surface area contributed by atoms with Crippen LogP contribution in [0.4, 0.5) is 0 Å². The summed E-state index contributed by atoms with van der Waals surface area (Å²) < 4.78 is 0. The maximum atomic E-state index is 12.8. The van der Waals surface area contributed by atoms with Crippen molar-refractivity contribution in [1.29, 1.82) is 0 Å². The van der Waals surface area contributed by atoms with E-state index < -0.39 is 12.7 Å². The Morgan fingerprint density at radius 3 is 2.41 bits per heavy atom. The fourth-order valence-electron chi connectivity index (χ4n) is 6.50. The Bertz CT molecular complexity index is 840. The number of nitrogens with two attached hydrogens (primary N) is 1. The number of aliphatic hydroxyl groups excluding tert-OH is 2. The van der Waals surface area contributed by atoms with Crippen molar-refractivity contribution < 1.29 is 19.8 Å². The molecule has 1 aromatic rings. The minimum absolute atomic E-state index is 0.341. The summed E-state index contributed by atoms with van der Waals surface area (Å²) in [7, 11) is 0. The molecule has 188 valence electrons. The zero-order valence-corrected chi connectivity index (χ0v) is 20.4. The van der Waals surface area contributed by atoms with Crippen LogP contribution in [0.3, 0.4) is 0 Å². The molecule has 0 spiro atoms. The van der Waals surface area contributed by atoms with E-state index in [0.29, 0.717) is 42.6 Å². The van der Waals surface area contributed by atoms with Crippen LogP contribution in [0.25, 0.3) is 0 Å². The molecule has 3 aliphatic rings. The van der Waals surface area contributed by atoms with Crippen LogP contribution in [0.1, 0.15) is 80.1 Å². The van der Waals surface area contributed by atoms with Gasteiger partial charge in [0.2, 0.25) is 5.91 Å². The molecule has 0 radical (unpaired) electrons. The monoisotopic (exact) mass is 471 g/mol. The van der Waals surface area contributed by atoms with Gasteiger partial charge in [-0.2, -0.15) is 0 Å². The summed E-state index contributed by atoms with van der Waals surface area (Å²) in [6.07, 6.45) is 7.73. The number of carbonyl (C=O) groups excluding carboxylic acids is 2. The molecule has 2 aliphatic heterocycles. The van der Waals surface area contributed by atoms with Gasteiger partial charge in [-0.05, 0) is 74.0 Å². The second-order valence-electron chi connectivity index (χ2n) is 10.9. The fourth-order valence-corrected chi connectivity index (χ4v) is 6.50. The molecule has 0 aromatic heterocycles. The first-order valence-corrected chi connectivity index (χ1v) is 13.1. The van der Waals surface area contributed by atoms with Crippen LogP contribution in [-0.2, 0) is 4.79 Å². The Kier molecular flexibility index (Phi) is 8.27. The number of carbonyl (C=O) groups is 2. The normalized spacial score (nSPS) is 30.1. The first kappa shape index (κ1) is 25.1. The summed E-state index contributed by atoms with van der Waals surface area (Å²) in [5.74, 6) is 0.928. The molecular weight excluding hydrogens is 430 g/mol. The Labute approximate surface area is 203 Å². The largest absolute Gasteiger partial charge is 0.393 e. The maximum Gasteiger partial charge on any atom is 0.253 e. The van der Waals surface area contributed by atoms with E-state index in [0.717, 1.165) is 51.0 Å². The van der Waals surface area contributed by atoms with Gasteiger partial charge < -0.3 is 20.8 Å². The number of nitrogens with zero attached hydrogens (tertiary/aromatic N) is 2. The zero-order chi connectivity index (χ0) is 24.2. The summed E-state index contributed by atoms with van der Waals surface area (Å²) in [6.45, 7) is 3.83. The number of hydrogen-bond acceptors (Lipinski definition) is 5. The fraction of sp³-hybridized carbons (Fsp3) is 0.704. The van der Waals surface area contributed by atoms with Gasteiger partial charge in [-0.15, -0.1) is 0 Å². The molecule has 4 rings (SSSR count). The van der Waals surface area contributed by atoms with Crippen molar-refractivity contribution >= 4 is 11.8 Å². The SMILES string of the molecule is CC1CCC(CN(CCN2[C@@H]3CC[C@H]2CC(c2cccc(C(N)=O)c2)C3)C(=O)[C@@H](O)CO)CC1.